The van der Waals surface area contributed by atoms with Crippen molar-refractivity contribution in [2.75, 3.05) is 4.90 Å². The standard InChI is InChI=1S/C60H44N2Si/c1-7-19-45(20-8-1)47-31-35-50(36-32-47)61(51-37-33-48(34-38-51)46-21-9-2-10-22-46)52-39-41-59-57(43-52)58-44-56(40-42-60(58)62(59)49-23-11-3-12-24-49)63(53-25-13-4-14-26-53,54-27-15-5-16-28-54)55-29-17-6-18-30-55/h1-44H. The highest BCUT2D eigenvalue weighted by Gasteiger charge is 2.41. The molecule has 3 heteroatoms. The Morgan fingerprint density at radius 3 is 1.06 bits per heavy atom. The van der Waals surface area contributed by atoms with E-state index in [9.17, 15) is 0 Å². The van der Waals surface area contributed by atoms with E-state index < -0.39 is 8.07 Å². The zero-order valence-electron chi connectivity index (χ0n) is 34.8. The maximum absolute atomic E-state index is 2.80. The normalized spacial score (nSPS) is 11.5. The molecule has 0 saturated carbocycles. The highest BCUT2D eigenvalue weighted by Crippen LogP contribution is 2.41. The zero-order chi connectivity index (χ0) is 42.0. The van der Waals surface area contributed by atoms with E-state index in [1.54, 1.807) is 0 Å². The third-order valence-corrected chi connectivity index (χ3v) is 17.3. The fourth-order valence-corrected chi connectivity index (χ4v) is 14.4. The van der Waals surface area contributed by atoms with E-state index in [-0.39, 0.29) is 0 Å². The maximum atomic E-state index is 2.52. The molecule has 0 aliphatic carbocycles. The molecule has 0 saturated heterocycles. The largest absolute Gasteiger partial charge is 0.310 e. The van der Waals surface area contributed by atoms with Crippen molar-refractivity contribution in [3.8, 4) is 27.9 Å². The molecule has 63 heavy (non-hydrogen) atoms. The average molecular weight is 821 g/mol. The van der Waals surface area contributed by atoms with Crippen molar-refractivity contribution in [3.05, 3.63) is 267 Å². The average Bonchev–Trinajstić information content (AvgIpc) is 3.70. The highest BCUT2D eigenvalue weighted by atomic mass is 28.3. The van der Waals surface area contributed by atoms with Crippen LogP contribution >= 0.6 is 0 Å². The first-order valence-corrected chi connectivity index (χ1v) is 23.7. The van der Waals surface area contributed by atoms with Crippen LogP contribution in [-0.4, -0.2) is 12.6 Å². The van der Waals surface area contributed by atoms with E-state index >= 15 is 0 Å². The van der Waals surface area contributed by atoms with Gasteiger partial charge in [-0.05, 0) is 104 Å². The van der Waals surface area contributed by atoms with Crippen LogP contribution in [0.4, 0.5) is 17.1 Å². The predicted molar refractivity (Wildman–Crippen MR) is 270 cm³/mol. The molecule has 0 N–H and O–H groups in total. The third-order valence-electron chi connectivity index (χ3n) is 12.5. The molecule has 0 unspecified atom stereocenters. The first-order valence-electron chi connectivity index (χ1n) is 21.7. The second-order valence-electron chi connectivity index (χ2n) is 16.1. The number of para-hydroxylation sites is 1. The van der Waals surface area contributed by atoms with Crippen LogP contribution in [0.1, 0.15) is 0 Å². The predicted octanol–water partition coefficient (Wildman–Crippen LogP) is 13.0. The van der Waals surface area contributed by atoms with Gasteiger partial charge >= 0.3 is 0 Å². The quantitative estimate of drug-likeness (QED) is 0.0985. The highest BCUT2D eigenvalue weighted by molar-refractivity contribution is 7.20. The molecule has 2 nitrogen and oxygen atoms in total. The van der Waals surface area contributed by atoms with Gasteiger partial charge in [0.05, 0.1) is 11.0 Å². The molecule has 0 aliphatic heterocycles. The molecule has 11 rings (SSSR count). The lowest BCUT2D eigenvalue weighted by atomic mass is 10.0. The summed E-state index contributed by atoms with van der Waals surface area (Å²) in [7, 11) is -2.80. The molecular formula is C60H44N2Si. The second kappa shape index (κ2) is 16.5. The summed E-state index contributed by atoms with van der Waals surface area (Å²) in [6.07, 6.45) is 0. The molecule has 1 aromatic heterocycles. The van der Waals surface area contributed by atoms with Gasteiger partial charge in [0.2, 0.25) is 0 Å². The van der Waals surface area contributed by atoms with Gasteiger partial charge in [-0.2, -0.15) is 0 Å². The lowest BCUT2D eigenvalue weighted by Crippen LogP contribution is -2.74. The van der Waals surface area contributed by atoms with Crippen LogP contribution in [0.15, 0.2) is 267 Å². The van der Waals surface area contributed by atoms with Gasteiger partial charge in [-0.1, -0.05) is 206 Å². The number of nitrogens with zero attached hydrogens (tertiary/aromatic N) is 2. The Morgan fingerprint density at radius 1 is 0.270 bits per heavy atom. The number of aromatic nitrogens is 1. The van der Waals surface area contributed by atoms with Gasteiger partial charge in [-0.15, -0.1) is 0 Å². The van der Waals surface area contributed by atoms with Crippen molar-refractivity contribution in [2.24, 2.45) is 0 Å². The molecule has 0 spiro atoms. The van der Waals surface area contributed by atoms with Gasteiger partial charge in [0.15, 0.2) is 8.07 Å². The van der Waals surface area contributed by atoms with Gasteiger partial charge in [0.1, 0.15) is 0 Å². The first kappa shape index (κ1) is 38.0. The molecule has 0 amide bonds. The number of rotatable bonds is 10. The SMILES string of the molecule is c1ccc(-c2ccc(N(c3ccc(-c4ccccc4)cc3)c3ccc4c(c3)c3cc([Si](c5ccccc5)(c5ccccc5)c5ccccc5)ccc3n4-c3ccccc3)cc2)cc1. The summed E-state index contributed by atoms with van der Waals surface area (Å²) in [4.78, 5) is 2.40. The Kier molecular flexibility index (Phi) is 9.93. The molecule has 10 aromatic carbocycles. The topological polar surface area (TPSA) is 8.17 Å². The van der Waals surface area contributed by atoms with Gasteiger partial charge in [0.25, 0.3) is 0 Å². The summed E-state index contributed by atoms with van der Waals surface area (Å²) >= 11 is 0. The molecule has 1 heterocycles. The Morgan fingerprint density at radius 2 is 0.619 bits per heavy atom. The number of hydrogen-bond donors (Lipinski definition) is 0. The van der Waals surface area contributed by atoms with Crippen molar-refractivity contribution in [1.82, 2.24) is 4.57 Å². The van der Waals surface area contributed by atoms with Crippen LogP contribution in [0, 0.1) is 0 Å². The minimum Gasteiger partial charge on any atom is -0.310 e. The van der Waals surface area contributed by atoms with E-state index in [2.05, 4.69) is 276 Å². The minimum absolute atomic E-state index is 1.10. The minimum atomic E-state index is -2.80. The number of benzene rings is 10. The van der Waals surface area contributed by atoms with Crippen LogP contribution in [0.5, 0.6) is 0 Å². The molecule has 298 valence electrons. The molecule has 0 radical (unpaired) electrons. The summed E-state index contributed by atoms with van der Waals surface area (Å²) in [5, 5.41) is 7.86. The zero-order valence-corrected chi connectivity index (χ0v) is 35.8. The van der Waals surface area contributed by atoms with E-state index in [4.69, 9.17) is 0 Å². The molecule has 11 aromatic rings. The number of anilines is 3. The van der Waals surface area contributed by atoms with Crippen molar-refractivity contribution in [1.29, 1.82) is 0 Å². The van der Waals surface area contributed by atoms with Crippen molar-refractivity contribution >= 4 is 67.7 Å². The molecule has 0 fully saturated rings. The van der Waals surface area contributed by atoms with Crippen LogP contribution in [-0.2, 0) is 0 Å². The van der Waals surface area contributed by atoms with E-state index in [1.165, 1.54) is 64.8 Å². The van der Waals surface area contributed by atoms with Crippen molar-refractivity contribution in [2.45, 2.75) is 0 Å². The monoisotopic (exact) mass is 820 g/mol. The lowest BCUT2D eigenvalue weighted by molar-refractivity contribution is 1.18. The fourth-order valence-electron chi connectivity index (χ4n) is 9.62. The third kappa shape index (κ3) is 6.86. The molecule has 0 aliphatic rings. The van der Waals surface area contributed by atoms with Gasteiger partial charge in [-0.3, -0.25) is 0 Å². The summed E-state index contributed by atoms with van der Waals surface area (Å²) in [5.74, 6) is 0. The summed E-state index contributed by atoms with van der Waals surface area (Å²) in [6, 6.07) is 97.9. The maximum Gasteiger partial charge on any atom is 0.179 e. The van der Waals surface area contributed by atoms with E-state index in [1.807, 2.05) is 0 Å². The first-order chi connectivity index (χ1) is 31.3. The van der Waals surface area contributed by atoms with Crippen molar-refractivity contribution < 1.29 is 0 Å². The number of hydrogen-bond acceptors (Lipinski definition) is 1. The lowest BCUT2D eigenvalue weighted by Gasteiger charge is -2.34. The summed E-state index contributed by atoms with van der Waals surface area (Å²) < 4.78 is 2.43. The Labute approximate surface area is 370 Å². The van der Waals surface area contributed by atoms with Crippen LogP contribution in [0.3, 0.4) is 0 Å². The Hall–Kier alpha value is -7.98. The molecule has 0 bridgehead atoms. The molecular weight excluding hydrogens is 777 g/mol. The van der Waals surface area contributed by atoms with Gasteiger partial charge in [-0.25, -0.2) is 0 Å². The van der Waals surface area contributed by atoms with Crippen LogP contribution < -0.4 is 25.6 Å². The van der Waals surface area contributed by atoms with Crippen LogP contribution in [0.25, 0.3) is 49.7 Å². The van der Waals surface area contributed by atoms with E-state index in [0.717, 1.165) is 22.7 Å². The summed E-state index contributed by atoms with van der Waals surface area (Å²) in [5.41, 5.74) is 11.6. The number of fused-ring (bicyclic) bond motifs is 3. The Bertz CT molecular complexity index is 3100. The fraction of sp³-hybridized carbons (Fsp3) is 0. The van der Waals surface area contributed by atoms with Crippen molar-refractivity contribution in [3.63, 3.8) is 0 Å². The Balaban J connectivity index is 1.16. The summed E-state index contributed by atoms with van der Waals surface area (Å²) in [6.45, 7) is 0. The smallest absolute Gasteiger partial charge is 0.179 e. The van der Waals surface area contributed by atoms with Crippen LogP contribution in [0.2, 0.25) is 0 Å². The van der Waals surface area contributed by atoms with Gasteiger partial charge < -0.3 is 9.47 Å². The second-order valence-corrected chi connectivity index (χ2v) is 19.9. The van der Waals surface area contributed by atoms with E-state index in [0.29, 0.717) is 0 Å². The van der Waals surface area contributed by atoms with Gasteiger partial charge in [0, 0.05) is 33.5 Å². The molecule has 0 atom stereocenters.